The first-order chi connectivity index (χ1) is 8.13. The van der Waals surface area contributed by atoms with E-state index in [4.69, 9.17) is 4.74 Å². The molecule has 0 aliphatic heterocycles. The van der Waals surface area contributed by atoms with E-state index in [2.05, 4.69) is 31.9 Å². The van der Waals surface area contributed by atoms with Crippen LogP contribution in [0.1, 0.15) is 17.2 Å². The second kappa shape index (κ2) is 5.52. The molecule has 2 nitrogen and oxygen atoms in total. The monoisotopic (exact) mass is 376 g/mol. The van der Waals surface area contributed by atoms with Crippen LogP contribution in [-0.4, -0.2) is 12.2 Å². The van der Waals surface area contributed by atoms with E-state index in [0.29, 0.717) is 5.75 Å². The minimum atomic E-state index is -0.682. The predicted octanol–water partition coefficient (Wildman–Crippen LogP) is 4.36. The molecule has 0 fully saturated rings. The summed E-state index contributed by atoms with van der Waals surface area (Å²) in [6, 6.07) is 5.60. The van der Waals surface area contributed by atoms with Gasteiger partial charge in [0.15, 0.2) is 0 Å². The maximum atomic E-state index is 10.3. The van der Waals surface area contributed by atoms with E-state index in [1.165, 1.54) is 0 Å². The minimum absolute atomic E-state index is 0.671. The quantitative estimate of drug-likeness (QED) is 0.860. The van der Waals surface area contributed by atoms with Gasteiger partial charge in [0.2, 0.25) is 0 Å². The Morgan fingerprint density at radius 2 is 2.00 bits per heavy atom. The summed E-state index contributed by atoms with van der Waals surface area (Å²) in [5, 5.41) is 14.2. The zero-order valence-electron chi connectivity index (χ0n) is 8.98. The van der Waals surface area contributed by atoms with Gasteiger partial charge in [-0.3, -0.25) is 0 Å². The molecule has 1 unspecified atom stereocenters. The molecular weight excluding hydrogens is 368 g/mol. The summed E-state index contributed by atoms with van der Waals surface area (Å²) in [7, 11) is 1.60. The second-order valence-electron chi connectivity index (χ2n) is 3.46. The van der Waals surface area contributed by atoms with Gasteiger partial charge in [-0.25, -0.2) is 0 Å². The predicted molar refractivity (Wildman–Crippen MR) is 76.8 cm³/mol. The number of methoxy groups -OCH3 is 1. The average molecular weight is 378 g/mol. The number of hydrogen-bond donors (Lipinski definition) is 1. The van der Waals surface area contributed by atoms with E-state index in [9.17, 15) is 5.11 Å². The normalized spacial score (nSPS) is 12.5. The zero-order valence-corrected chi connectivity index (χ0v) is 13.0. The van der Waals surface area contributed by atoms with Gasteiger partial charge in [-0.15, -0.1) is 0 Å². The lowest BCUT2D eigenvalue weighted by Crippen LogP contribution is -2.01. The summed E-state index contributed by atoms with van der Waals surface area (Å²) in [6.07, 6.45) is -0.682. The lowest BCUT2D eigenvalue weighted by atomic mass is 10.0. The molecule has 0 aliphatic carbocycles. The smallest absolute Gasteiger partial charge is 0.126 e. The van der Waals surface area contributed by atoms with Crippen LogP contribution in [0.5, 0.6) is 5.75 Å². The van der Waals surface area contributed by atoms with E-state index in [1.807, 2.05) is 29.0 Å². The van der Waals surface area contributed by atoms with Crippen LogP contribution in [-0.2, 0) is 0 Å². The van der Waals surface area contributed by atoms with Crippen molar-refractivity contribution < 1.29 is 9.84 Å². The molecular formula is C12H10Br2O2S. The topological polar surface area (TPSA) is 29.5 Å². The molecule has 1 aromatic heterocycles. The van der Waals surface area contributed by atoms with Crippen molar-refractivity contribution in [2.75, 3.05) is 7.11 Å². The molecule has 5 heteroatoms. The molecule has 2 aromatic rings. The highest BCUT2D eigenvalue weighted by atomic mass is 79.9. The molecule has 0 saturated heterocycles. The Morgan fingerprint density at radius 1 is 1.24 bits per heavy atom. The standard InChI is InChI=1S/C12H10Br2O2S/c1-16-11-4-7(13)2-3-8(11)12(15)9-5-17-6-10(9)14/h2-6,12,15H,1H3. The Bertz CT molecular complexity index is 525. The van der Waals surface area contributed by atoms with Gasteiger partial charge in [-0.2, -0.15) is 11.3 Å². The SMILES string of the molecule is COc1cc(Br)ccc1C(O)c1cscc1Br. The number of rotatable bonds is 3. The molecule has 1 heterocycles. The van der Waals surface area contributed by atoms with E-state index < -0.39 is 6.10 Å². The number of halogens is 2. The molecule has 1 N–H and O–H groups in total. The summed E-state index contributed by atoms with van der Waals surface area (Å²) in [4.78, 5) is 0. The zero-order chi connectivity index (χ0) is 12.4. The van der Waals surface area contributed by atoms with Gasteiger partial charge in [0.1, 0.15) is 11.9 Å². The molecule has 1 atom stereocenters. The van der Waals surface area contributed by atoms with E-state index in [1.54, 1.807) is 18.4 Å². The number of aliphatic hydroxyl groups excluding tert-OH is 1. The third-order valence-electron chi connectivity index (χ3n) is 2.43. The molecule has 0 radical (unpaired) electrons. The molecule has 17 heavy (non-hydrogen) atoms. The third-order valence-corrected chi connectivity index (χ3v) is 4.67. The molecule has 0 amide bonds. The van der Waals surface area contributed by atoms with Crippen molar-refractivity contribution in [3.05, 3.63) is 49.0 Å². The third kappa shape index (κ3) is 2.73. The molecule has 0 aliphatic rings. The number of benzene rings is 1. The minimum Gasteiger partial charge on any atom is -0.496 e. The highest BCUT2D eigenvalue weighted by Crippen LogP contribution is 2.36. The van der Waals surface area contributed by atoms with Crippen molar-refractivity contribution in [3.8, 4) is 5.75 Å². The number of hydrogen-bond acceptors (Lipinski definition) is 3. The van der Waals surface area contributed by atoms with E-state index in [0.717, 1.165) is 20.1 Å². The van der Waals surface area contributed by atoms with Crippen molar-refractivity contribution in [2.45, 2.75) is 6.10 Å². The lowest BCUT2D eigenvalue weighted by molar-refractivity contribution is 0.214. The molecule has 0 saturated carbocycles. The first-order valence-electron chi connectivity index (χ1n) is 4.86. The van der Waals surface area contributed by atoms with Crippen LogP contribution < -0.4 is 4.74 Å². The number of ether oxygens (including phenoxy) is 1. The molecule has 1 aromatic carbocycles. The van der Waals surface area contributed by atoms with Crippen molar-refractivity contribution in [1.82, 2.24) is 0 Å². The van der Waals surface area contributed by atoms with Crippen molar-refractivity contribution in [3.63, 3.8) is 0 Å². The van der Waals surface area contributed by atoms with E-state index >= 15 is 0 Å². The maximum absolute atomic E-state index is 10.3. The Labute approximate surface area is 121 Å². The van der Waals surface area contributed by atoms with Crippen LogP contribution in [0.25, 0.3) is 0 Å². The summed E-state index contributed by atoms with van der Waals surface area (Å²) >= 11 is 8.35. The number of aliphatic hydroxyl groups is 1. The van der Waals surface area contributed by atoms with Crippen LogP contribution in [0.15, 0.2) is 37.9 Å². The summed E-state index contributed by atoms with van der Waals surface area (Å²) in [5.41, 5.74) is 1.62. The Morgan fingerprint density at radius 3 is 2.59 bits per heavy atom. The lowest BCUT2D eigenvalue weighted by Gasteiger charge is -2.14. The van der Waals surface area contributed by atoms with Crippen LogP contribution in [0.4, 0.5) is 0 Å². The van der Waals surface area contributed by atoms with Gasteiger partial charge in [-0.1, -0.05) is 22.0 Å². The average Bonchev–Trinajstić information content (AvgIpc) is 2.74. The molecule has 2 rings (SSSR count). The van der Waals surface area contributed by atoms with Gasteiger partial charge in [0.05, 0.1) is 7.11 Å². The molecule has 0 spiro atoms. The highest BCUT2D eigenvalue weighted by molar-refractivity contribution is 9.10. The fourth-order valence-corrected chi connectivity index (χ4v) is 3.44. The molecule has 90 valence electrons. The fraction of sp³-hybridized carbons (Fsp3) is 0.167. The van der Waals surface area contributed by atoms with Crippen LogP contribution in [0.2, 0.25) is 0 Å². The van der Waals surface area contributed by atoms with Crippen molar-refractivity contribution in [2.24, 2.45) is 0 Å². The summed E-state index contributed by atoms with van der Waals surface area (Å²) < 4.78 is 7.13. The van der Waals surface area contributed by atoms with Crippen LogP contribution in [0.3, 0.4) is 0 Å². The Kier molecular flexibility index (Phi) is 4.25. The summed E-state index contributed by atoms with van der Waals surface area (Å²) in [5.74, 6) is 0.671. The maximum Gasteiger partial charge on any atom is 0.126 e. The van der Waals surface area contributed by atoms with E-state index in [-0.39, 0.29) is 0 Å². The van der Waals surface area contributed by atoms with Gasteiger partial charge in [0, 0.05) is 25.5 Å². The second-order valence-corrected chi connectivity index (χ2v) is 5.98. The summed E-state index contributed by atoms with van der Waals surface area (Å²) in [6.45, 7) is 0. The van der Waals surface area contributed by atoms with Crippen molar-refractivity contribution in [1.29, 1.82) is 0 Å². The van der Waals surface area contributed by atoms with Gasteiger partial charge < -0.3 is 9.84 Å². The largest absolute Gasteiger partial charge is 0.496 e. The number of thiophene rings is 1. The van der Waals surface area contributed by atoms with Crippen molar-refractivity contribution >= 4 is 43.2 Å². The Balaban J connectivity index is 2.44. The van der Waals surface area contributed by atoms with Crippen LogP contribution in [0, 0.1) is 0 Å². The van der Waals surface area contributed by atoms with Crippen LogP contribution >= 0.6 is 43.2 Å². The first-order valence-corrected chi connectivity index (χ1v) is 7.39. The highest BCUT2D eigenvalue weighted by Gasteiger charge is 2.18. The van der Waals surface area contributed by atoms with Gasteiger partial charge >= 0.3 is 0 Å². The fourth-order valence-electron chi connectivity index (χ4n) is 1.56. The van der Waals surface area contributed by atoms with Gasteiger partial charge in [-0.05, 0) is 33.4 Å². The first kappa shape index (κ1) is 13.1. The molecule has 0 bridgehead atoms. The van der Waals surface area contributed by atoms with Gasteiger partial charge in [0.25, 0.3) is 0 Å². The Hall–Kier alpha value is -0.360.